The standard InChI is InChI=1S/C20H31FO2/c1-19(21,18(22)23-17-5-3-2-4-6-17)13-20-10-14-7-15(11-20)9-16(8-14)12-20/h14-17H,2-13H2,1H3. The molecule has 4 bridgehead atoms. The van der Waals surface area contributed by atoms with Crippen molar-refractivity contribution in [3.63, 3.8) is 0 Å². The molecule has 5 aliphatic rings. The molecule has 130 valence electrons. The average Bonchev–Trinajstić information content (AvgIpc) is 2.45. The van der Waals surface area contributed by atoms with Crippen LogP contribution >= 0.6 is 0 Å². The lowest BCUT2D eigenvalue weighted by atomic mass is 9.48. The molecule has 0 N–H and O–H groups in total. The number of rotatable bonds is 4. The van der Waals surface area contributed by atoms with E-state index in [1.54, 1.807) is 0 Å². The minimum absolute atomic E-state index is 0.0392. The van der Waals surface area contributed by atoms with Crippen molar-refractivity contribution in [2.45, 2.75) is 95.7 Å². The number of halogens is 1. The molecule has 2 nitrogen and oxygen atoms in total. The number of carbonyl (C=O) groups excluding carboxylic acids is 1. The van der Waals surface area contributed by atoms with Gasteiger partial charge in [-0.15, -0.1) is 0 Å². The lowest BCUT2D eigenvalue weighted by molar-refractivity contribution is -0.170. The van der Waals surface area contributed by atoms with Crippen LogP contribution in [0.15, 0.2) is 0 Å². The van der Waals surface area contributed by atoms with Crippen molar-refractivity contribution in [2.24, 2.45) is 23.2 Å². The summed E-state index contributed by atoms with van der Waals surface area (Å²) >= 11 is 0. The molecular weight excluding hydrogens is 291 g/mol. The zero-order chi connectivity index (χ0) is 16.1. The van der Waals surface area contributed by atoms with Gasteiger partial charge in [0.2, 0.25) is 5.67 Å². The van der Waals surface area contributed by atoms with Crippen molar-refractivity contribution in [3.05, 3.63) is 0 Å². The molecule has 3 heteroatoms. The fourth-order valence-corrected chi connectivity index (χ4v) is 6.74. The lowest BCUT2D eigenvalue weighted by Gasteiger charge is -2.57. The Balaban J connectivity index is 1.41. The van der Waals surface area contributed by atoms with Gasteiger partial charge in [-0.25, -0.2) is 9.18 Å². The molecule has 0 saturated heterocycles. The number of hydrogen-bond acceptors (Lipinski definition) is 2. The van der Waals surface area contributed by atoms with E-state index in [0.717, 1.165) is 62.7 Å². The molecule has 5 rings (SSSR count). The molecule has 0 heterocycles. The Morgan fingerprint density at radius 1 is 1.04 bits per heavy atom. The van der Waals surface area contributed by atoms with E-state index >= 15 is 4.39 Å². The van der Waals surface area contributed by atoms with Crippen LogP contribution in [0, 0.1) is 23.2 Å². The molecule has 1 unspecified atom stereocenters. The zero-order valence-corrected chi connectivity index (χ0v) is 14.5. The fraction of sp³-hybridized carbons (Fsp3) is 0.950. The molecule has 5 saturated carbocycles. The van der Waals surface area contributed by atoms with Gasteiger partial charge in [0.25, 0.3) is 0 Å². The molecule has 0 aromatic carbocycles. The largest absolute Gasteiger partial charge is 0.460 e. The van der Waals surface area contributed by atoms with Crippen molar-refractivity contribution in [1.82, 2.24) is 0 Å². The van der Waals surface area contributed by atoms with E-state index in [2.05, 4.69) is 0 Å². The van der Waals surface area contributed by atoms with Gasteiger partial charge in [0, 0.05) is 0 Å². The highest BCUT2D eigenvalue weighted by Gasteiger charge is 2.54. The molecule has 1 atom stereocenters. The van der Waals surface area contributed by atoms with Crippen molar-refractivity contribution >= 4 is 5.97 Å². The van der Waals surface area contributed by atoms with E-state index in [1.807, 2.05) is 0 Å². The minimum Gasteiger partial charge on any atom is -0.460 e. The first-order valence-corrected chi connectivity index (χ1v) is 9.84. The van der Waals surface area contributed by atoms with Crippen LogP contribution in [0.5, 0.6) is 0 Å². The summed E-state index contributed by atoms with van der Waals surface area (Å²) in [5.74, 6) is 1.81. The number of esters is 1. The maximum absolute atomic E-state index is 15.3. The molecule has 0 amide bonds. The summed E-state index contributed by atoms with van der Waals surface area (Å²) in [5, 5.41) is 0. The van der Waals surface area contributed by atoms with Crippen LogP contribution in [0.1, 0.15) is 84.0 Å². The van der Waals surface area contributed by atoms with E-state index in [0.29, 0.717) is 6.42 Å². The number of carbonyl (C=O) groups is 1. The van der Waals surface area contributed by atoms with Gasteiger partial charge in [-0.1, -0.05) is 6.42 Å². The van der Waals surface area contributed by atoms with Crippen molar-refractivity contribution < 1.29 is 13.9 Å². The number of alkyl halides is 1. The van der Waals surface area contributed by atoms with Gasteiger partial charge in [0.1, 0.15) is 6.10 Å². The Morgan fingerprint density at radius 2 is 1.57 bits per heavy atom. The predicted octanol–water partition coefficient (Wildman–Crippen LogP) is 5.20. The highest BCUT2D eigenvalue weighted by molar-refractivity contribution is 5.79. The molecular formula is C20H31FO2. The summed E-state index contributed by atoms with van der Waals surface area (Å²) in [6, 6.07) is 0. The second kappa shape index (κ2) is 5.74. The smallest absolute Gasteiger partial charge is 0.343 e. The quantitative estimate of drug-likeness (QED) is 0.665. The summed E-state index contributed by atoms with van der Waals surface area (Å²) in [7, 11) is 0. The molecule has 0 aromatic rings. The highest BCUT2D eigenvalue weighted by atomic mass is 19.1. The second-order valence-corrected chi connectivity index (χ2v) is 9.46. The first-order chi connectivity index (χ1) is 10.9. The molecule has 0 aliphatic heterocycles. The first-order valence-electron chi connectivity index (χ1n) is 9.84. The normalized spacial score (nSPS) is 42.4. The maximum Gasteiger partial charge on any atom is 0.343 e. The molecule has 5 fully saturated rings. The molecule has 5 aliphatic carbocycles. The monoisotopic (exact) mass is 322 g/mol. The van der Waals surface area contributed by atoms with Crippen LogP contribution in [0.4, 0.5) is 4.39 Å². The van der Waals surface area contributed by atoms with Gasteiger partial charge in [0.15, 0.2) is 0 Å². The van der Waals surface area contributed by atoms with E-state index in [4.69, 9.17) is 4.74 Å². The average molecular weight is 322 g/mol. The third-order valence-corrected chi connectivity index (χ3v) is 7.12. The zero-order valence-electron chi connectivity index (χ0n) is 14.5. The highest BCUT2D eigenvalue weighted by Crippen LogP contribution is 2.62. The Morgan fingerprint density at radius 3 is 2.09 bits per heavy atom. The van der Waals surface area contributed by atoms with Crippen LogP contribution in [-0.4, -0.2) is 17.7 Å². The van der Waals surface area contributed by atoms with Gasteiger partial charge in [-0.2, -0.15) is 0 Å². The minimum atomic E-state index is -1.80. The Labute approximate surface area is 139 Å². The van der Waals surface area contributed by atoms with Crippen molar-refractivity contribution in [2.75, 3.05) is 0 Å². The van der Waals surface area contributed by atoms with E-state index in [-0.39, 0.29) is 11.5 Å². The molecule has 0 spiro atoms. The first kappa shape index (κ1) is 15.9. The van der Waals surface area contributed by atoms with E-state index in [9.17, 15) is 4.79 Å². The van der Waals surface area contributed by atoms with Crippen LogP contribution in [0.25, 0.3) is 0 Å². The maximum atomic E-state index is 15.3. The summed E-state index contributed by atoms with van der Waals surface area (Å²) in [5.41, 5.74) is -1.72. The lowest BCUT2D eigenvalue weighted by Crippen LogP contribution is -2.50. The molecule has 23 heavy (non-hydrogen) atoms. The summed E-state index contributed by atoms with van der Waals surface area (Å²) in [4.78, 5) is 12.5. The summed E-state index contributed by atoms with van der Waals surface area (Å²) in [6.45, 7) is 1.48. The van der Waals surface area contributed by atoms with Gasteiger partial charge in [-0.05, 0) is 101 Å². The van der Waals surface area contributed by atoms with Gasteiger partial charge < -0.3 is 4.74 Å². The topological polar surface area (TPSA) is 26.3 Å². The molecule has 0 radical (unpaired) electrons. The van der Waals surface area contributed by atoms with E-state index in [1.165, 1.54) is 32.6 Å². The van der Waals surface area contributed by atoms with Crippen molar-refractivity contribution in [1.29, 1.82) is 0 Å². The van der Waals surface area contributed by atoms with Gasteiger partial charge in [-0.3, -0.25) is 0 Å². The van der Waals surface area contributed by atoms with E-state index < -0.39 is 11.6 Å². The summed E-state index contributed by atoms with van der Waals surface area (Å²) < 4.78 is 20.8. The Hall–Kier alpha value is -0.600. The van der Waals surface area contributed by atoms with Gasteiger partial charge in [0.05, 0.1) is 0 Å². The Bertz CT molecular complexity index is 429. The number of hydrogen-bond donors (Lipinski definition) is 0. The second-order valence-electron chi connectivity index (χ2n) is 9.46. The Kier molecular flexibility index (Phi) is 3.97. The van der Waals surface area contributed by atoms with Crippen LogP contribution in [0.3, 0.4) is 0 Å². The van der Waals surface area contributed by atoms with Gasteiger partial charge >= 0.3 is 5.97 Å². The SMILES string of the molecule is CC(F)(CC12CC3CC(CC(C3)C1)C2)C(=O)OC1CCCCC1. The summed E-state index contributed by atoms with van der Waals surface area (Å²) in [6.07, 6.45) is 13.1. The van der Waals surface area contributed by atoms with Crippen molar-refractivity contribution in [3.8, 4) is 0 Å². The fourth-order valence-electron chi connectivity index (χ4n) is 6.74. The molecule has 0 aromatic heterocycles. The van der Waals surface area contributed by atoms with Crippen LogP contribution in [-0.2, 0) is 9.53 Å². The third-order valence-electron chi connectivity index (χ3n) is 7.12. The van der Waals surface area contributed by atoms with Crippen LogP contribution < -0.4 is 0 Å². The number of ether oxygens (including phenoxy) is 1. The third kappa shape index (κ3) is 3.17. The predicted molar refractivity (Wildman–Crippen MR) is 87.7 cm³/mol. The van der Waals surface area contributed by atoms with Crippen LogP contribution in [0.2, 0.25) is 0 Å².